The molecule has 0 amide bonds. The van der Waals surface area contributed by atoms with Gasteiger partial charge in [-0.05, 0) is 30.6 Å². The highest BCUT2D eigenvalue weighted by molar-refractivity contribution is 7.60. The molecule has 0 heterocycles. The van der Waals surface area contributed by atoms with E-state index in [1.807, 2.05) is 0 Å². The maximum Gasteiger partial charge on any atom is -0.0319 e. The number of hydrogen-bond donors (Lipinski definition) is 0. The average molecular weight is 240 g/mol. The van der Waals surface area contributed by atoms with Crippen molar-refractivity contribution in [1.82, 2.24) is 0 Å². The Labute approximate surface area is 104 Å². The van der Waals surface area contributed by atoms with Crippen molar-refractivity contribution in [2.24, 2.45) is 11.8 Å². The molecule has 0 spiro atoms. The molecule has 0 aromatic heterocycles. The van der Waals surface area contributed by atoms with E-state index in [9.17, 15) is 0 Å². The molecule has 16 heavy (non-hydrogen) atoms. The number of rotatable bonds is 6. The molecule has 1 heteroatoms. The molecule has 0 aliphatic heterocycles. The van der Waals surface area contributed by atoms with Gasteiger partial charge in [0.1, 0.15) is 0 Å². The fourth-order valence-corrected chi connectivity index (χ4v) is 4.04. The Morgan fingerprint density at radius 1 is 1.12 bits per heavy atom. The van der Waals surface area contributed by atoms with Gasteiger partial charge in [-0.2, -0.15) is 0 Å². The van der Waals surface area contributed by atoms with Crippen LogP contribution >= 0.6 is 7.92 Å². The van der Waals surface area contributed by atoms with E-state index in [1.54, 1.807) is 0 Å². The van der Waals surface area contributed by atoms with Crippen LogP contribution in [0.4, 0.5) is 0 Å². The predicted octanol–water partition coefficient (Wildman–Crippen LogP) is 5.63. The molecular formula is C15H29P. The van der Waals surface area contributed by atoms with Gasteiger partial charge in [0.15, 0.2) is 0 Å². The van der Waals surface area contributed by atoms with Crippen LogP contribution in [0.2, 0.25) is 0 Å². The first-order chi connectivity index (χ1) is 7.77. The van der Waals surface area contributed by atoms with Gasteiger partial charge in [-0.15, -0.1) is 0 Å². The summed E-state index contributed by atoms with van der Waals surface area (Å²) in [7, 11) is 0.215. The molecule has 0 aromatic carbocycles. The van der Waals surface area contributed by atoms with E-state index in [0.717, 1.165) is 11.8 Å². The first kappa shape index (κ1) is 14.2. The van der Waals surface area contributed by atoms with Crippen LogP contribution in [-0.4, -0.2) is 12.3 Å². The SMILES string of the molecule is CCP(C=CCC(C)C1CCCCC1)CC. The highest BCUT2D eigenvalue weighted by Crippen LogP contribution is 2.37. The summed E-state index contributed by atoms with van der Waals surface area (Å²) >= 11 is 0. The van der Waals surface area contributed by atoms with Crippen molar-refractivity contribution in [2.75, 3.05) is 12.3 Å². The molecule has 1 aliphatic carbocycles. The van der Waals surface area contributed by atoms with Gasteiger partial charge in [0.05, 0.1) is 0 Å². The molecule has 0 saturated heterocycles. The normalized spacial score (nSPS) is 20.8. The van der Waals surface area contributed by atoms with Crippen molar-refractivity contribution in [1.29, 1.82) is 0 Å². The summed E-state index contributed by atoms with van der Waals surface area (Å²) < 4.78 is 0. The Morgan fingerprint density at radius 2 is 1.75 bits per heavy atom. The molecule has 1 fully saturated rings. The Balaban J connectivity index is 2.24. The fraction of sp³-hybridized carbons (Fsp3) is 0.867. The molecule has 0 nitrogen and oxygen atoms in total. The van der Waals surface area contributed by atoms with Crippen LogP contribution in [0, 0.1) is 11.8 Å². The monoisotopic (exact) mass is 240 g/mol. The zero-order valence-electron chi connectivity index (χ0n) is 11.4. The summed E-state index contributed by atoms with van der Waals surface area (Å²) in [6.45, 7) is 7.11. The van der Waals surface area contributed by atoms with Crippen LogP contribution < -0.4 is 0 Å². The third kappa shape index (κ3) is 5.00. The second-order valence-electron chi connectivity index (χ2n) is 5.22. The molecular weight excluding hydrogens is 211 g/mol. The van der Waals surface area contributed by atoms with Crippen LogP contribution in [0.5, 0.6) is 0 Å². The Kier molecular flexibility index (Phi) is 7.37. The lowest BCUT2D eigenvalue weighted by molar-refractivity contribution is 0.265. The summed E-state index contributed by atoms with van der Waals surface area (Å²) in [6.07, 6.45) is 14.0. The fourth-order valence-electron chi connectivity index (χ4n) is 2.75. The zero-order valence-corrected chi connectivity index (χ0v) is 12.3. The van der Waals surface area contributed by atoms with E-state index >= 15 is 0 Å². The van der Waals surface area contributed by atoms with Crippen LogP contribution in [0.25, 0.3) is 0 Å². The van der Waals surface area contributed by atoms with Gasteiger partial charge in [0.25, 0.3) is 0 Å². The molecule has 1 saturated carbocycles. The molecule has 1 rings (SSSR count). The maximum atomic E-state index is 2.52. The summed E-state index contributed by atoms with van der Waals surface area (Å²) in [6, 6.07) is 0. The zero-order chi connectivity index (χ0) is 11.8. The van der Waals surface area contributed by atoms with Crippen LogP contribution in [0.3, 0.4) is 0 Å². The summed E-state index contributed by atoms with van der Waals surface area (Å²) in [5, 5.41) is 0. The van der Waals surface area contributed by atoms with Gasteiger partial charge in [0, 0.05) is 0 Å². The largest absolute Gasteiger partial charge is 0.0841 e. The summed E-state index contributed by atoms with van der Waals surface area (Å²) in [5.74, 6) is 4.46. The van der Waals surface area contributed by atoms with Crippen molar-refractivity contribution >= 4 is 7.92 Å². The van der Waals surface area contributed by atoms with E-state index in [-0.39, 0.29) is 7.92 Å². The predicted molar refractivity (Wildman–Crippen MR) is 77.5 cm³/mol. The van der Waals surface area contributed by atoms with Gasteiger partial charge < -0.3 is 0 Å². The highest BCUT2D eigenvalue weighted by Gasteiger charge is 2.18. The molecule has 94 valence electrons. The van der Waals surface area contributed by atoms with Gasteiger partial charge in [0.2, 0.25) is 0 Å². The van der Waals surface area contributed by atoms with E-state index in [4.69, 9.17) is 0 Å². The van der Waals surface area contributed by atoms with Gasteiger partial charge in [-0.25, -0.2) is 0 Å². The highest BCUT2D eigenvalue weighted by atomic mass is 31.1. The number of allylic oxidation sites excluding steroid dienone is 1. The maximum absolute atomic E-state index is 2.52. The van der Waals surface area contributed by atoms with E-state index in [2.05, 4.69) is 32.7 Å². The lowest BCUT2D eigenvalue weighted by atomic mass is 9.79. The molecule has 0 bridgehead atoms. The topological polar surface area (TPSA) is 0 Å². The summed E-state index contributed by atoms with van der Waals surface area (Å²) in [5.41, 5.74) is 0. The molecule has 0 N–H and O–H groups in total. The van der Waals surface area contributed by atoms with Crippen molar-refractivity contribution in [3.8, 4) is 0 Å². The third-order valence-corrected chi connectivity index (χ3v) is 6.35. The average Bonchev–Trinajstić information content (AvgIpc) is 2.35. The van der Waals surface area contributed by atoms with E-state index < -0.39 is 0 Å². The second kappa shape index (κ2) is 8.29. The van der Waals surface area contributed by atoms with E-state index in [0.29, 0.717) is 0 Å². The van der Waals surface area contributed by atoms with Crippen LogP contribution in [0.1, 0.15) is 59.3 Å². The molecule has 0 radical (unpaired) electrons. The smallest absolute Gasteiger partial charge is 0.0319 e. The quantitative estimate of drug-likeness (QED) is 0.528. The van der Waals surface area contributed by atoms with Crippen molar-refractivity contribution in [2.45, 2.75) is 59.3 Å². The van der Waals surface area contributed by atoms with Gasteiger partial charge in [-0.1, -0.05) is 72.7 Å². The Morgan fingerprint density at radius 3 is 2.31 bits per heavy atom. The molecule has 1 aliphatic rings. The Bertz CT molecular complexity index is 188. The van der Waals surface area contributed by atoms with Crippen molar-refractivity contribution in [3.63, 3.8) is 0 Å². The first-order valence-corrected chi connectivity index (χ1v) is 8.96. The molecule has 1 unspecified atom stereocenters. The first-order valence-electron chi connectivity index (χ1n) is 7.18. The number of hydrogen-bond acceptors (Lipinski definition) is 0. The standard InChI is InChI=1S/C15H29P/c1-4-16(5-2)13-9-10-14(3)15-11-7-6-8-12-15/h9,13-15H,4-8,10-12H2,1-3H3. The van der Waals surface area contributed by atoms with Crippen LogP contribution in [0.15, 0.2) is 11.9 Å². The third-order valence-electron chi connectivity index (χ3n) is 4.09. The minimum atomic E-state index is 0.215. The van der Waals surface area contributed by atoms with Crippen molar-refractivity contribution < 1.29 is 0 Å². The van der Waals surface area contributed by atoms with Crippen LogP contribution in [-0.2, 0) is 0 Å². The second-order valence-corrected chi connectivity index (χ2v) is 7.96. The minimum Gasteiger partial charge on any atom is -0.0841 e. The molecule has 0 aromatic rings. The van der Waals surface area contributed by atoms with Gasteiger partial charge in [-0.3, -0.25) is 0 Å². The lowest BCUT2D eigenvalue weighted by Gasteiger charge is -2.26. The Hall–Kier alpha value is 0.170. The summed E-state index contributed by atoms with van der Waals surface area (Å²) in [4.78, 5) is 0. The van der Waals surface area contributed by atoms with Crippen molar-refractivity contribution in [3.05, 3.63) is 11.9 Å². The minimum absolute atomic E-state index is 0.215. The lowest BCUT2D eigenvalue weighted by Crippen LogP contribution is -2.14. The van der Waals surface area contributed by atoms with E-state index in [1.165, 1.54) is 50.8 Å². The molecule has 1 atom stereocenters. The van der Waals surface area contributed by atoms with Gasteiger partial charge >= 0.3 is 0 Å².